The molecule has 0 fully saturated rings. The Morgan fingerprint density at radius 3 is 2.61 bits per heavy atom. The Morgan fingerprint density at radius 1 is 1.16 bits per heavy atom. The van der Waals surface area contributed by atoms with Gasteiger partial charge in [0.05, 0.1) is 17.9 Å². The molecule has 164 valence electrons. The molecule has 0 aliphatic rings. The van der Waals surface area contributed by atoms with Gasteiger partial charge in [0.25, 0.3) is 0 Å². The quantitative estimate of drug-likeness (QED) is 0.382. The fourth-order valence-corrected chi connectivity index (χ4v) is 4.84. The molecule has 2 heterocycles. The normalized spacial score (nSPS) is 10.8. The van der Waals surface area contributed by atoms with Gasteiger partial charge < -0.3 is 14.6 Å². The predicted octanol–water partition coefficient (Wildman–Crippen LogP) is 4.19. The molecule has 0 saturated heterocycles. The van der Waals surface area contributed by atoms with Gasteiger partial charge in [0.15, 0.2) is 5.16 Å². The average molecular weight is 459 g/mol. The van der Waals surface area contributed by atoms with E-state index >= 15 is 0 Å². The van der Waals surface area contributed by atoms with Gasteiger partial charge in [0.2, 0.25) is 5.91 Å². The van der Waals surface area contributed by atoms with Crippen LogP contribution in [-0.4, -0.2) is 39.0 Å². The van der Waals surface area contributed by atoms with Gasteiger partial charge in [-0.05, 0) is 38.3 Å². The van der Waals surface area contributed by atoms with Crippen LogP contribution in [0.15, 0.2) is 35.5 Å². The summed E-state index contributed by atoms with van der Waals surface area (Å²) < 4.78 is 7.06. The minimum absolute atomic E-state index is 0.170. The number of anilines is 1. The van der Waals surface area contributed by atoms with E-state index in [-0.39, 0.29) is 18.3 Å². The molecule has 0 unspecified atom stereocenters. The standard InChI is InChI=1S/C22H26N4O3S2/c1-5-29-21(28)19-14(2)15(3)31-20(19)23-18(27)13-30-22-25-24-17(26(22)4)12-11-16-9-7-6-8-10-16/h6-10H,5,11-13H2,1-4H3,(H,23,27). The third-order valence-corrected chi connectivity index (χ3v) is 7.00. The summed E-state index contributed by atoms with van der Waals surface area (Å²) in [4.78, 5) is 25.8. The SMILES string of the molecule is CCOC(=O)c1c(NC(=O)CSc2nnc(CCc3ccccc3)n2C)sc(C)c1C. The molecule has 3 aromatic rings. The van der Waals surface area contributed by atoms with Crippen LogP contribution in [0.1, 0.15) is 39.1 Å². The second-order valence-corrected chi connectivity index (χ2v) is 9.16. The summed E-state index contributed by atoms with van der Waals surface area (Å²) >= 11 is 2.70. The molecule has 1 aromatic carbocycles. The molecule has 9 heteroatoms. The van der Waals surface area contributed by atoms with Crippen molar-refractivity contribution in [2.45, 2.75) is 38.8 Å². The molecule has 0 atom stereocenters. The largest absolute Gasteiger partial charge is 0.462 e. The van der Waals surface area contributed by atoms with E-state index < -0.39 is 5.97 Å². The fourth-order valence-electron chi connectivity index (χ4n) is 3.05. The summed E-state index contributed by atoms with van der Waals surface area (Å²) in [5.74, 6) is 0.429. The smallest absolute Gasteiger partial charge is 0.341 e. The Labute approximate surface area is 190 Å². The van der Waals surface area contributed by atoms with Crippen molar-refractivity contribution in [1.29, 1.82) is 0 Å². The summed E-state index contributed by atoms with van der Waals surface area (Å²) in [6.45, 7) is 5.83. The molecule has 2 aromatic heterocycles. The molecule has 0 radical (unpaired) electrons. The first-order chi connectivity index (χ1) is 14.9. The van der Waals surface area contributed by atoms with Crippen molar-refractivity contribution < 1.29 is 14.3 Å². The van der Waals surface area contributed by atoms with E-state index in [4.69, 9.17) is 4.74 Å². The summed E-state index contributed by atoms with van der Waals surface area (Å²) in [6.07, 6.45) is 1.66. The molecule has 1 amide bonds. The van der Waals surface area contributed by atoms with Gasteiger partial charge in [-0.3, -0.25) is 4.79 Å². The van der Waals surface area contributed by atoms with Crippen LogP contribution in [0, 0.1) is 13.8 Å². The van der Waals surface area contributed by atoms with Crippen LogP contribution >= 0.6 is 23.1 Å². The number of hydrogen-bond donors (Lipinski definition) is 1. The molecule has 0 aliphatic heterocycles. The van der Waals surface area contributed by atoms with E-state index in [2.05, 4.69) is 27.6 Å². The second-order valence-electron chi connectivity index (χ2n) is 6.99. The Balaban J connectivity index is 1.59. The number of thiophene rings is 1. The topological polar surface area (TPSA) is 86.1 Å². The van der Waals surface area contributed by atoms with Crippen molar-refractivity contribution >= 4 is 40.0 Å². The number of rotatable bonds is 9. The molecule has 0 saturated carbocycles. The van der Waals surface area contributed by atoms with Gasteiger partial charge >= 0.3 is 5.97 Å². The second kappa shape index (κ2) is 10.6. The van der Waals surface area contributed by atoms with E-state index in [9.17, 15) is 9.59 Å². The number of thioether (sulfide) groups is 1. The number of ether oxygens (including phenoxy) is 1. The van der Waals surface area contributed by atoms with Crippen LogP contribution in [0.5, 0.6) is 0 Å². The first kappa shape index (κ1) is 23.0. The van der Waals surface area contributed by atoms with Crippen molar-refractivity contribution in [3.63, 3.8) is 0 Å². The maximum Gasteiger partial charge on any atom is 0.341 e. The van der Waals surface area contributed by atoms with Crippen molar-refractivity contribution in [2.24, 2.45) is 7.05 Å². The number of nitrogens with zero attached hydrogens (tertiary/aromatic N) is 3. The van der Waals surface area contributed by atoms with Crippen LogP contribution in [0.2, 0.25) is 0 Å². The van der Waals surface area contributed by atoms with Crippen LogP contribution in [0.25, 0.3) is 0 Å². The first-order valence-electron chi connectivity index (χ1n) is 10.0. The predicted molar refractivity (Wildman–Crippen MR) is 124 cm³/mol. The summed E-state index contributed by atoms with van der Waals surface area (Å²) in [7, 11) is 1.91. The number of hydrogen-bond acceptors (Lipinski definition) is 7. The maximum absolute atomic E-state index is 12.5. The molecule has 0 aliphatic carbocycles. The van der Waals surface area contributed by atoms with E-state index in [1.54, 1.807) is 6.92 Å². The van der Waals surface area contributed by atoms with E-state index in [0.29, 0.717) is 15.7 Å². The highest BCUT2D eigenvalue weighted by molar-refractivity contribution is 7.99. The molecule has 7 nitrogen and oxygen atoms in total. The zero-order valence-electron chi connectivity index (χ0n) is 18.1. The van der Waals surface area contributed by atoms with Gasteiger partial charge in [0, 0.05) is 18.3 Å². The minimum Gasteiger partial charge on any atom is -0.462 e. The molecule has 31 heavy (non-hydrogen) atoms. The lowest BCUT2D eigenvalue weighted by molar-refractivity contribution is -0.113. The fraction of sp³-hybridized carbons (Fsp3) is 0.364. The molecule has 3 rings (SSSR count). The molecular formula is C22H26N4O3S2. The Morgan fingerprint density at radius 2 is 1.90 bits per heavy atom. The number of esters is 1. The van der Waals surface area contributed by atoms with Gasteiger partial charge in [-0.25, -0.2) is 4.79 Å². The number of carbonyl (C=O) groups excluding carboxylic acids is 2. The van der Waals surface area contributed by atoms with Crippen LogP contribution in [0.4, 0.5) is 5.00 Å². The van der Waals surface area contributed by atoms with Crippen molar-refractivity contribution in [3.05, 3.63) is 57.7 Å². The Kier molecular flexibility index (Phi) is 7.86. The van der Waals surface area contributed by atoms with Crippen LogP contribution < -0.4 is 5.32 Å². The maximum atomic E-state index is 12.5. The zero-order chi connectivity index (χ0) is 22.4. The van der Waals surface area contributed by atoms with E-state index in [1.807, 2.05) is 43.7 Å². The summed E-state index contributed by atoms with van der Waals surface area (Å²) in [6, 6.07) is 10.2. The number of carbonyl (C=O) groups is 2. The zero-order valence-corrected chi connectivity index (χ0v) is 19.7. The van der Waals surface area contributed by atoms with Gasteiger partial charge in [-0.15, -0.1) is 21.5 Å². The Bertz CT molecular complexity index is 1060. The van der Waals surface area contributed by atoms with Crippen LogP contribution in [-0.2, 0) is 29.4 Å². The number of aromatic nitrogens is 3. The highest BCUT2D eigenvalue weighted by Gasteiger charge is 2.22. The molecular weight excluding hydrogens is 432 g/mol. The number of nitrogens with one attached hydrogen (secondary N) is 1. The third kappa shape index (κ3) is 5.74. The van der Waals surface area contributed by atoms with Crippen LogP contribution in [0.3, 0.4) is 0 Å². The number of aryl methyl sites for hydroxylation is 3. The monoisotopic (exact) mass is 458 g/mol. The lowest BCUT2D eigenvalue weighted by atomic mass is 10.1. The van der Waals surface area contributed by atoms with Crippen molar-refractivity contribution in [2.75, 3.05) is 17.7 Å². The van der Waals surface area contributed by atoms with E-state index in [0.717, 1.165) is 29.1 Å². The Hall–Kier alpha value is -2.65. The van der Waals surface area contributed by atoms with Crippen molar-refractivity contribution in [3.8, 4) is 0 Å². The molecule has 1 N–H and O–H groups in total. The lowest BCUT2D eigenvalue weighted by Crippen LogP contribution is -2.16. The van der Waals surface area contributed by atoms with Gasteiger partial charge in [-0.1, -0.05) is 42.1 Å². The molecule has 0 bridgehead atoms. The third-order valence-electron chi connectivity index (χ3n) is 4.86. The molecule has 0 spiro atoms. The number of amides is 1. The average Bonchev–Trinajstić information content (AvgIpc) is 3.24. The lowest BCUT2D eigenvalue weighted by Gasteiger charge is -2.07. The summed E-state index contributed by atoms with van der Waals surface area (Å²) in [5.41, 5.74) is 2.52. The number of benzene rings is 1. The highest BCUT2D eigenvalue weighted by Crippen LogP contribution is 2.33. The first-order valence-corrected chi connectivity index (χ1v) is 11.8. The van der Waals surface area contributed by atoms with E-state index in [1.165, 1.54) is 28.7 Å². The van der Waals surface area contributed by atoms with Gasteiger partial charge in [-0.2, -0.15) is 0 Å². The highest BCUT2D eigenvalue weighted by atomic mass is 32.2. The van der Waals surface area contributed by atoms with Crippen molar-refractivity contribution in [1.82, 2.24) is 14.8 Å². The minimum atomic E-state index is -0.413. The summed E-state index contributed by atoms with van der Waals surface area (Å²) in [5, 5.41) is 12.6. The van der Waals surface area contributed by atoms with Gasteiger partial charge in [0.1, 0.15) is 10.8 Å².